The molecule has 4 nitrogen and oxygen atoms in total. The second kappa shape index (κ2) is 5.98. The normalized spacial score (nSPS) is 12.0. The van der Waals surface area contributed by atoms with E-state index in [1.165, 1.54) is 4.57 Å². The van der Waals surface area contributed by atoms with Crippen molar-refractivity contribution in [3.05, 3.63) is 47.0 Å². The largest absolute Gasteiger partial charge is 0.374 e. The summed E-state index contributed by atoms with van der Waals surface area (Å²) in [7, 11) is 5.51. The second-order valence-corrected chi connectivity index (χ2v) is 5.81. The van der Waals surface area contributed by atoms with Crippen LogP contribution in [-0.2, 0) is 16.8 Å². The number of methoxy groups -OCH3 is 1. The van der Waals surface area contributed by atoms with Crippen LogP contribution in [0.4, 0.5) is 0 Å². The van der Waals surface area contributed by atoms with Crippen molar-refractivity contribution in [3.63, 3.8) is 0 Å². The number of ether oxygens (including phenoxy) is 1. The van der Waals surface area contributed by atoms with Gasteiger partial charge in [0.15, 0.2) is 0 Å². The Labute approximate surface area is 125 Å². The summed E-state index contributed by atoms with van der Waals surface area (Å²) in [5.74, 6) is 0.744. The summed E-state index contributed by atoms with van der Waals surface area (Å²) in [6, 6.07) is 5.72. The zero-order valence-electron chi connectivity index (χ0n) is 13.3. The van der Waals surface area contributed by atoms with Crippen LogP contribution in [0.5, 0.6) is 0 Å². The molecule has 113 valence electrons. The molecule has 2 aromatic rings. The van der Waals surface area contributed by atoms with Crippen molar-refractivity contribution in [1.82, 2.24) is 9.55 Å². The number of fused-ring (bicyclic) bond motifs is 1. The molecule has 1 aromatic carbocycles. The molecule has 21 heavy (non-hydrogen) atoms. The zero-order valence-corrected chi connectivity index (χ0v) is 13.3. The zero-order chi connectivity index (χ0) is 15.6. The summed E-state index contributed by atoms with van der Waals surface area (Å²) in [6.45, 7) is 6.06. The van der Waals surface area contributed by atoms with Gasteiger partial charge in [-0.25, -0.2) is 4.98 Å². The van der Waals surface area contributed by atoms with Gasteiger partial charge in [-0.05, 0) is 38.0 Å². The van der Waals surface area contributed by atoms with Crippen molar-refractivity contribution in [2.75, 3.05) is 7.11 Å². The van der Waals surface area contributed by atoms with Crippen LogP contribution in [0.15, 0.2) is 23.0 Å². The molecule has 0 unspecified atom stereocenters. The molecule has 0 spiro atoms. The van der Waals surface area contributed by atoms with Gasteiger partial charge in [0, 0.05) is 20.6 Å². The van der Waals surface area contributed by atoms with E-state index in [4.69, 9.17) is 4.74 Å². The number of nitrogens with zero attached hydrogens (tertiary/aromatic N) is 2. The van der Waals surface area contributed by atoms with Crippen LogP contribution in [0, 0.1) is 7.05 Å². The molecule has 2 rings (SSSR count). The predicted octanol–water partition coefficient (Wildman–Crippen LogP) is 3.26. The van der Waals surface area contributed by atoms with E-state index in [1.807, 2.05) is 32.0 Å². The maximum absolute atomic E-state index is 12.5. The Balaban J connectivity index is 2.59. The number of aromatic nitrogens is 2. The van der Waals surface area contributed by atoms with Crippen molar-refractivity contribution >= 4 is 10.9 Å². The van der Waals surface area contributed by atoms with E-state index in [1.54, 1.807) is 7.11 Å². The molecule has 0 saturated heterocycles. The fourth-order valence-electron chi connectivity index (χ4n) is 2.28. The maximum Gasteiger partial charge on any atom is 0.261 e. The minimum absolute atomic E-state index is 0.0974. The Kier molecular flexibility index (Phi) is 4.47. The van der Waals surface area contributed by atoms with Crippen molar-refractivity contribution in [3.8, 4) is 0 Å². The van der Waals surface area contributed by atoms with Crippen molar-refractivity contribution < 1.29 is 4.74 Å². The fraction of sp³-hybridized carbons (Fsp3) is 0.471. The van der Waals surface area contributed by atoms with Gasteiger partial charge in [0.05, 0.1) is 16.5 Å². The first kappa shape index (κ1) is 15.7. The Morgan fingerprint density at radius 3 is 2.71 bits per heavy atom. The molecule has 0 bridgehead atoms. The lowest BCUT2D eigenvalue weighted by molar-refractivity contribution is 0.0193. The van der Waals surface area contributed by atoms with Crippen LogP contribution >= 0.6 is 0 Å². The molecule has 4 heteroatoms. The van der Waals surface area contributed by atoms with Gasteiger partial charge in [-0.3, -0.25) is 9.36 Å². The number of rotatable bonds is 5. The third-order valence-electron chi connectivity index (χ3n) is 3.99. The molecular formula is C17H23N2O2. The third kappa shape index (κ3) is 3.00. The number of unbranched alkanes of at least 4 members (excludes halogenated alkanes) is 1. The molecule has 0 aliphatic heterocycles. The van der Waals surface area contributed by atoms with Gasteiger partial charge in [0.25, 0.3) is 5.56 Å². The van der Waals surface area contributed by atoms with Crippen LogP contribution in [0.1, 0.15) is 45.0 Å². The van der Waals surface area contributed by atoms with Crippen LogP contribution in [0.3, 0.4) is 0 Å². The predicted molar refractivity (Wildman–Crippen MR) is 85.4 cm³/mol. The van der Waals surface area contributed by atoms with Gasteiger partial charge in [0.2, 0.25) is 0 Å². The number of hydrogen-bond donors (Lipinski definition) is 0. The lowest BCUT2D eigenvalue weighted by Crippen LogP contribution is -2.23. The molecule has 0 aliphatic rings. The summed E-state index contributed by atoms with van der Waals surface area (Å²) < 4.78 is 6.89. The molecule has 1 aromatic heterocycles. The van der Waals surface area contributed by atoms with E-state index >= 15 is 0 Å². The average Bonchev–Trinajstić information content (AvgIpc) is 2.49. The van der Waals surface area contributed by atoms with Gasteiger partial charge >= 0.3 is 0 Å². The fourth-order valence-corrected chi connectivity index (χ4v) is 2.28. The first-order valence-electron chi connectivity index (χ1n) is 7.33. The molecule has 0 aliphatic carbocycles. The van der Waals surface area contributed by atoms with Crippen molar-refractivity contribution in [1.29, 1.82) is 0 Å². The topological polar surface area (TPSA) is 44.1 Å². The van der Waals surface area contributed by atoms with E-state index in [0.29, 0.717) is 5.39 Å². The molecule has 0 fully saturated rings. The molecule has 1 radical (unpaired) electrons. The standard InChI is InChI=1S/C17H23N2O2/c1-6-7-8-15-18-14-10-9-12(17(2,3)21-5)11-13(14)16(20)19(15)4/h9-11H,4,6-8H2,1-3,5H3. The summed E-state index contributed by atoms with van der Waals surface area (Å²) in [5, 5.41) is 0.591. The SMILES string of the molecule is [CH2]n1c(CCCC)nc2ccc(C(C)(C)OC)cc2c1=O. The van der Waals surface area contributed by atoms with Crippen LogP contribution in [-0.4, -0.2) is 16.7 Å². The monoisotopic (exact) mass is 287 g/mol. The molecule has 0 amide bonds. The summed E-state index contributed by atoms with van der Waals surface area (Å²) >= 11 is 0. The Hall–Kier alpha value is -1.68. The molecular weight excluding hydrogens is 264 g/mol. The minimum atomic E-state index is -0.437. The number of hydrogen-bond acceptors (Lipinski definition) is 3. The lowest BCUT2D eigenvalue weighted by atomic mass is 9.96. The summed E-state index contributed by atoms with van der Waals surface area (Å²) in [4.78, 5) is 17.1. The first-order chi connectivity index (χ1) is 9.90. The number of benzene rings is 1. The van der Waals surface area contributed by atoms with E-state index in [-0.39, 0.29) is 5.56 Å². The minimum Gasteiger partial charge on any atom is -0.374 e. The quantitative estimate of drug-likeness (QED) is 0.848. The lowest BCUT2D eigenvalue weighted by Gasteiger charge is -2.23. The molecule has 0 saturated carbocycles. The maximum atomic E-state index is 12.5. The highest BCUT2D eigenvalue weighted by Gasteiger charge is 2.20. The Bertz CT molecular complexity index is 702. The van der Waals surface area contributed by atoms with E-state index in [2.05, 4.69) is 19.0 Å². The van der Waals surface area contributed by atoms with E-state index < -0.39 is 5.60 Å². The van der Waals surface area contributed by atoms with Gasteiger partial charge < -0.3 is 4.74 Å². The summed E-state index contributed by atoms with van der Waals surface area (Å²) in [5.41, 5.74) is 1.15. The molecule has 0 N–H and O–H groups in total. The highest BCUT2D eigenvalue weighted by molar-refractivity contribution is 5.78. The number of aryl methyl sites for hydroxylation is 1. The Morgan fingerprint density at radius 2 is 2.10 bits per heavy atom. The van der Waals surface area contributed by atoms with Crippen molar-refractivity contribution in [2.24, 2.45) is 0 Å². The molecule has 0 atom stereocenters. The molecule has 1 heterocycles. The van der Waals surface area contributed by atoms with Crippen LogP contribution in [0.2, 0.25) is 0 Å². The second-order valence-electron chi connectivity index (χ2n) is 5.81. The van der Waals surface area contributed by atoms with Gasteiger partial charge in [-0.1, -0.05) is 19.4 Å². The average molecular weight is 287 g/mol. The van der Waals surface area contributed by atoms with Crippen LogP contribution in [0.25, 0.3) is 10.9 Å². The Morgan fingerprint density at radius 1 is 1.38 bits per heavy atom. The van der Waals surface area contributed by atoms with Gasteiger partial charge in [0.1, 0.15) is 5.82 Å². The van der Waals surface area contributed by atoms with E-state index in [9.17, 15) is 4.79 Å². The smallest absolute Gasteiger partial charge is 0.261 e. The highest BCUT2D eigenvalue weighted by Crippen LogP contribution is 2.25. The van der Waals surface area contributed by atoms with Crippen LogP contribution < -0.4 is 5.56 Å². The van der Waals surface area contributed by atoms with Gasteiger partial charge in [-0.15, -0.1) is 0 Å². The highest BCUT2D eigenvalue weighted by atomic mass is 16.5. The first-order valence-corrected chi connectivity index (χ1v) is 7.33. The summed E-state index contributed by atoms with van der Waals surface area (Å²) in [6.07, 6.45) is 2.84. The van der Waals surface area contributed by atoms with Crippen molar-refractivity contribution in [2.45, 2.75) is 45.6 Å². The van der Waals surface area contributed by atoms with E-state index in [0.717, 1.165) is 36.2 Å². The van der Waals surface area contributed by atoms with Gasteiger partial charge in [-0.2, -0.15) is 0 Å². The third-order valence-corrected chi connectivity index (χ3v) is 3.99.